The van der Waals surface area contributed by atoms with E-state index in [0.717, 1.165) is 33.8 Å². The molecular weight excluding hydrogens is 352 g/mol. The van der Waals surface area contributed by atoms with Crippen molar-refractivity contribution in [1.82, 2.24) is 4.98 Å². The summed E-state index contributed by atoms with van der Waals surface area (Å²) >= 11 is 1.13. The highest BCUT2D eigenvalue weighted by atomic mass is 32.1. The standard InChI is InChI=1S/C19H14N2O4S/c1-11-18(25-19(22)23)26-17(21-11)13-5-8-16(14(9-13)10-20)12-3-6-15(24-2)7-4-12/h3-9H,1-2H3,(H,22,23). The zero-order valence-electron chi connectivity index (χ0n) is 14.0. The summed E-state index contributed by atoms with van der Waals surface area (Å²) in [5, 5.41) is 19.1. The molecule has 0 atom stereocenters. The summed E-state index contributed by atoms with van der Waals surface area (Å²) in [7, 11) is 1.60. The minimum Gasteiger partial charge on any atom is -0.497 e. The number of aromatic nitrogens is 1. The predicted molar refractivity (Wildman–Crippen MR) is 97.6 cm³/mol. The molecule has 130 valence electrons. The lowest BCUT2D eigenvalue weighted by molar-refractivity contribution is 0.145. The lowest BCUT2D eigenvalue weighted by Crippen LogP contribution is -2.02. The molecule has 2 aromatic carbocycles. The van der Waals surface area contributed by atoms with Crippen LogP contribution >= 0.6 is 11.3 Å². The Labute approximate surface area is 153 Å². The van der Waals surface area contributed by atoms with Crippen molar-refractivity contribution < 1.29 is 19.4 Å². The molecule has 0 unspecified atom stereocenters. The van der Waals surface area contributed by atoms with Gasteiger partial charge >= 0.3 is 6.16 Å². The fraction of sp³-hybridized carbons (Fsp3) is 0.105. The summed E-state index contributed by atoms with van der Waals surface area (Å²) in [6.45, 7) is 1.68. The van der Waals surface area contributed by atoms with Gasteiger partial charge in [0.05, 0.1) is 24.4 Å². The number of rotatable bonds is 4. The van der Waals surface area contributed by atoms with Gasteiger partial charge in [-0.25, -0.2) is 9.78 Å². The van der Waals surface area contributed by atoms with E-state index in [2.05, 4.69) is 11.1 Å². The molecule has 0 amide bonds. The normalized spacial score (nSPS) is 10.2. The molecule has 0 aliphatic carbocycles. The van der Waals surface area contributed by atoms with Crippen molar-refractivity contribution in [3.8, 4) is 38.6 Å². The lowest BCUT2D eigenvalue weighted by Gasteiger charge is -2.07. The van der Waals surface area contributed by atoms with E-state index in [9.17, 15) is 10.1 Å². The fourth-order valence-corrected chi connectivity index (χ4v) is 3.38. The third-order valence-corrected chi connectivity index (χ3v) is 4.81. The number of benzene rings is 2. The third kappa shape index (κ3) is 3.50. The van der Waals surface area contributed by atoms with Crippen LogP contribution in [0, 0.1) is 18.3 Å². The molecule has 1 aromatic heterocycles. The summed E-state index contributed by atoms with van der Waals surface area (Å²) in [5.41, 5.74) is 3.42. The number of nitrogens with zero attached hydrogens (tertiary/aromatic N) is 2. The van der Waals surface area contributed by atoms with Gasteiger partial charge in [0.2, 0.25) is 5.06 Å². The van der Waals surface area contributed by atoms with Gasteiger partial charge in [-0.1, -0.05) is 35.6 Å². The van der Waals surface area contributed by atoms with Crippen LogP contribution in [0.25, 0.3) is 21.7 Å². The highest BCUT2D eigenvalue weighted by molar-refractivity contribution is 7.17. The first-order valence-corrected chi connectivity index (χ1v) is 8.40. The van der Waals surface area contributed by atoms with Crippen molar-refractivity contribution in [2.45, 2.75) is 6.92 Å². The maximum atomic E-state index is 10.7. The Balaban J connectivity index is 1.99. The molecule has 0 saturated carbocycles. The van der Waals surface area contributed by atoms with Crippen LogP contribution < -0.4 is 9.47 Å². The van der Waals surface area contributed by atoms with Crippen LogP contribution in [0.15, 0.2) is 42.5 Å². The van der Waals surface area contributed by atoms with E-state index >= 15 is 0 Å². The second kappa shape index (κ2) is 7.25. The maximum absolute atomic E-state index is 10.7. The van der Waals surface area contributed by atoms with E-state index in [1.54, 1.807) is 20.1 Å². The number of nitriles is 1. The molecular formula is C19H14N2O4S. The Morgan fingerprint density at radius 2 is 1.88 bits per heavy atom. The molecule has 3 rings (SSSR count). The molecule has 26 heavy (non-hydrogen) atoms. The number of thiazole rings is 1. The summed E-state index contributed by atoms with van der Waals surface area (Å²) in [6, 6.07) is 15.1. The lowest BCUT2D eigenvalue weighted by atomic mass is 9.98. The Bertz CT molecular complexity index is 1000. The minimum absolute atomic E-state index is 0.227. The van der Waals surface area contributed by atoms with Gasteiger partial charge in [0.25, 0.3) is 0 Å². The Morgan fingerprint density at radius 1 is 1.19 bits per heavy atom. The van der Waals surface area contributed by atoms with E-state index in [1.807, 2.05) is 36.4 Å². The van der Waals surface area contributed by atoms with Crippen LogP contribution in [0.5, 0.6) is 10.8 Å². The zero-order valence-corrected chi connectivity index (χ0v) is 14.8. The molecule has 1 heterocycles. The van der Waals surface area contributed by atoms with Crippen LogP contribution in [0.3, 0.4) is 0 Å². The molecule has 0 fully saturated rings. The van der Waals surface area contributed by atoms with Gasteiger partial charge in [0, 0.05) is 5.56 Å². The first kappa shape index (κ1) is 17.5. The van der Waals surface area contributed by atoms with E-state index in [-0.39, 0.29) is 5.06 Å². The molecule has 0 saturated heterocycles. The summed E-state index contributed by atoms with van der Waals surface area (Å²) in [5.74, 6) is 0.744. The molecule has 0 aliphatic rings. The summed E-state index contributed by atoms with van der Waals surface area (Å²) in [6.07, 6.45) is -1.38. The molecule has 0 bridgehead atoms. The molecule has 7 heteroatoms. The number of methoxy groups -OCH3 is 1. The summed E-state index contributed by atoms with van der Waals surface area (Å²) in [4.78, 5) is 15.1. The van der Waals surface area contributed by atoms with Crippen LogP contribution in [0.2, 0.25) is 0 Å². The minimum atomic E-state index is -1.38. The van der Waals surface area contributed by atoms with Gasteiger partial charge < -0.3 is 14.6 Å². The van der Waals surface area contributed by atoms with Crippen molar-refractivity contribution in [3.63, 3.8) is 0 Å². The average Bonchev–Trinajstić information content (AvgIpc) is 3.01. The second-order valence-corrected chi connectivity index (χ2v) is 6.32. The Hall–Kier alpha value is -3.37. The van der Waals surface area contributed by atoms with E-state index in [4.69, 9.17) is 14.6 Å². The van der Waals surface area contributed by atoms with Crippen molar-refractivity contribution in [2.75, 3.05) is 7.11 Å². The fourth-order valence-electron chi connectivity index (χ4n) is 2.47. The van der Waals surface area contributed by atoms with Crippen molar-refractivity contribution in [2.24, 2.45) is 0 Å². The van der Waals surface area contributed by atoms with E-state index in [0.29, 0.717) is 16.3 Å². The monoisotopic (exact) mass is 366 g/mol. The van der Waals surface area contributed by atoms with E-state index in [1.165, 1.54) is 0 Å². The van der Waals surface area contributed by atoms with Crippen LogP contribution in [-0.4, -0.2) is 23.4 Å². The topological polar surface area (TPSA) is 92.4 Å². The Morgan fingerprint density at radius 3 is 2.50 bits per heavy atom. The van der Waals surface area contributed by atoms with Crippen molar-refractivity contribution in [3.05, 3.63) is 53.7 Å². The quantitative estimate of drug-likeness (QED) is 0.672. The highest BCUT2D eigenvalue weighted by Gasteiger charge is 2.15. The molecule has 3 aromatic rings. The van der Waals surface area contributed by atoms with Gasteiger partial charge in [0.1, 0.15) is 10.8 Å². The predicted octanol–water partition coefficient (Wildman–Crippen LogP) is 4.72. The van der Waals surface area contributed by atoms with Gasteiger partial charge in [-0.05, 0) is 36.2 Å². The first-order valence-electron chi connectivity index (χ1n) is 7.59. The number of carbonyl (C=O) groups is 1. The summed E-state index contributed by atoms with van der Waals surface area (Å²) < 4.78 is 9.87. The smallest absolute Gasteiger partial charge is 0.497 e. The zero-order chi connectivity index (χ0) is 18.7. The third-order valence-electron chi connectivity index (χ3n) is 3.72. The highest BCUT2D eigenvalue weighted by Crippen LogP contribution is 2.36. The molecule has 1 N–H and O–H groups in total. The van der Waals surface area contributed by atoms with Crippen molar-refractivity contribution >= 4 is 17.5 Å². The van der Waals surface area contributed by atoms with Crippen LogP contribution in [0.1, 0.15) is 11.3 Å². The van der Waals surface area contributed by atoms with Crippen molar-refractivity contribution in [1.29, 1.82) is 5.26 Å². The second-order valence-electron chi connectivity index (χ2n) is 5.36. The van der Waals surface area contributed by atoms with Gasteiger partial charge in [0.15, 0.2) is 0 Å². The van der Waals surface area contributed by atoms with Crippen LogP contribution in [-0.2, 0) is 0 Å². The molecule has 0 aliphatic heterocycles. The van der Waals surface area contributed by atoms with E-state index < -0.39 is 6.16 Å². The molecule has 6 nitrogen and oxygen atoms in total. The molecule has 0 spiro atoms. The number of carboxylic acid groups (broad SMARTS) is 1. The number of hydrogen-bond donors (Lipinski definition) is 1. The largest absolute Gasteiger partial charge is 0.512 e. The first-order chi connectivity index (χ1) is 12.5. The van der Waals surface area contributed by atoms with Crippen LogP contribution in [0.4, 0.5) is 4.79 Å². The average molecular weight is 366 g/mol. The number of hydrogen-bond acceptors (Lipinski definition) is 6. The number of aryl methyl sites for hydroxylation is 1. The van der Waals surface area contributed by atoms with Gasteiger partial charge in [-0.2, -0.15) is 5.26 Å². The Kier molecular flexibility index (Phi) is 4.87. The molecule has 0 radical (unpaired) electrons. The SMILES string of the molecule is COc1ccc(-c2ccc(-c3nc(C)c(OC(=O)O)s3)cc2C#N)cc1. The number of ether oxygens (including phenoxy) is 2. The maximum Gasteiger partial charge on any atom is 0.512 e. The van der Waals surface area contributed by atoms with Gasteiger partial charge in [-0.3, -0.25) is 0 Å². The van der Waals surface area contributed by atoms with Gasteiger partial charge in [-0.15, -0.1) is 0 Å².